The van der Waals surface area contributed by atoms with Crippen molar-refractivity contribution >= 4 is 63.2 Å². The van der Waals surface area contributed by atoms with Crippen LogP contribution in [-0.2, 0) is 0 Å². The fourth-order valence-corrected chi connectivity index (χ4v) is 1.12. The van der Waals surface area contributed by atoms with E-state index in [1.54, 1.807) is 24.3 Å². The van der Waals surface area contributed by atoms with Gasteiger partial charge in [-0.15, -0.1) is 0 Å². The predicted octanol–water partition coefficient (Wildman–Crippen LogP) is -1.82. The number of hydrogen-bond donors (Lipinski definition) is 3. The van der Waals surface area contributed by atoms with Gasteiger partial charge in [0.1, 0.15) is 0 Å². The van der Waals surface area contributed by atoms with Crippen molar-refractivity contribution in [2.75, 3.05) is 0 Å². The number of imide groups is 1. The van der Waals surface area contributed by atoms with E-state index in [0.29, 0.717) is 11.1 Å². The molecule has 0 unspecified atom stereocenters. The largest absolute Gasteiger partial charge is 0.412 e. The quantitative estimate of drug-likeness (QED) is 0.212. The fraction of sp³-hybridized carbons (Fsp3) is 0. The van der Waals surface area contributed by atoms with Gasteiger partial charge in [0.2, 0.25) is 0 Å². The number of carbonyl (C=O) groups is 2. The van der Waals surface area contributed by atoms with Crippen molar-refractivity contribution in [1.29, 1.82) is 0 Å². The van der Waals surface area contributed by atoms with Crippen molar-refractivity contribution < 1.29 is 15.1 Å². The average molecular weight is 236 g/mol. The average Bonchev–Trinajstić information content (AvgIpc) is 2.47. The summed E-state index contributed by atoms with van der Waals surface area (Å²) in [5.74, 6) is 7.40. The molecule has 0 saturated carbocycles. The number of fused-ring (bicyclic) bond motifs is 1. The number of nitrogens with one attached hydrogen (secondary N) is 1. The van der Waals surface area contributed by atoms with Crippen LogP contribution < -0.4 is 17.0 Å². The molecule has 7 N–H and O–H groups in total. The summed E-state index contributed by atoms with van der Waals surface area (Å²) in [5.41, 5.74) is 0.940. The molecular formula is C8H11KN3O3. The van der Waals surface area contributed by atoms with E-state index in [9.17, 15) is 9.59 Å². The maximum atomic E-state index is 10.9. The summed E-state index contributed by atoms with van der Waals surface area (Å²) in [6.07, 6.45) is 0. The molecule has 7 heteroatoms. The van der Waals surface area contributed by atoms with E-state index in [-0.39, 0.29) is 68.7 Å². The second-order valence-electron chi connectivity index (χ2n) is 2.33. The van der Waals surface area contributed by atoms with Gasteiger partial charge in [-0.1, -0.05) is 12.1 Å². The number of nitrogens with two attached hydrogens (primary N) is 2. The summed E-state index contributed by atoms with van der Waals surface area (Å²) >= 11 is 0. The van der Waals surface area contributed by atoms with Gasteiger partial charge in [-0.2, -0.15) is 0 Å². The molecule has 2 rings (SSSR count). The molecule has 0 aromatic heterocycles. The Morgan fingerprint density at radius 2 is 1.27 bits per heavy atom. The Morgan fingerprint density at radius 1 is 0.933 bits per heavy atom. The molecule has 2 amide bonds. The van der Waals surface area contributed by atoms with Crippen LogP contribution in [0.5, 0.6) is 0 Å². The van der Waals surface area contributed by atoms with E-state index in [0.717, 1.165) is 0 Å². The van der Waals surface area contributed by atoms with Crippen LogP contribution >= 0.6 is 0 Å². The molecule has 1 aliphatic rings. The van der Waals surface area contributed by atoms with Gasteiger partial charge < -0.3 is 5.48 Å². The summed E-state index contributed by atoms with van der Waals surface area (Å²) in [6, 6.07) is 6.74. The van der Waals surface area contributed by atoms with Crippen LogP contribution in [0.15, 0.2) is 24.3 Å². The summed E-state index contributed by atoms with van der Waals surface area (Å²) in [4.78, 5) is 21.9. The minimum absolute atomic E-state index is 0. The fourth-order valence-electron chi connectivity index (χ4n) is 1.12. The Hall–Kier alpha value is -0.124. The molecule has 0 fully saturated rings. The first kappa shape index (κ1) is 17.3. The van der Waals surface area contributed by atoms with Crippen LogP contribution in [0.2, 0.25) is 0 Å². The maximum absolute atomic E-state index is 10.9. The number of amides is 2. The maximum Gasteiger partial charge on any atom is 0.258 e. The molecule has 1 aromatic rings. The molecule has 0 aliphatic carbocycles. The van der Waals surface area contributed by atoms with Crippen LogP contribution in [0.3, 0.4) is 0 Å². The van der Waals surface area contributed by atoms with Gasteiger partial charge in [-0.05, 0) is 12.1 Å². The molecule has 1 aromatic carbocycles. The first-order valence-electron chi connectivity index (χ1n) is 3.57. The van der Waals surface area contributed by atoms with Gasteiger partial charge in [0.05, 0.1) is 11.1 Å². The van der Waals surface area contributed by atoms with E-state index in [4.69, 9.17) is 0 Å². The predicted molar refractivity (Wildman–Crippen MR) is 56.0 cm³/mol. The van der Waals surface area contributed by atoms with Gasteiger partial charge in [0.25, 0.3) is 11.8 Å². The Morgan fingerprint density at radius 3 is 1.60 bits per heavy atom. The van der Waals surface area contributed by atoms with Crippen molar-refractivity contribution in [2.45, 2.75) is 0 Å². The van der Waals surface area contributed by atoms with Crippen molar-refractivity contribution in [2.24, 2.45) is 11.7 Å². The molecule has 15 heavy (non-hydrogen) atoms. The summed E-state index contributed by atoms with van der Waals surface area (Å²) in [7, 11) is 0. The van der Waals surface area contributed by atoms with Gasteiger partial charge in [0.15, 0.2) is 0 Å². The second-order valence-corrected chi connectivity index (χ2v) is 2.33. The Bertz CT molecular complexity index is 324. The second kappa shape index (κ2) is 8.08. The summed E-state index contributed by atoms with van der Waals surface area (Å²) < 4.78 is 0. The normalized spacial score (nSPS) is 11.1. The first-order valence-corrected chi connectivity index (χ1v) is 3.57. The standard InChI is InChI=1S/C8H5NO2.K.H4N2.H2O/c10-7-5-3-1-2-4-6(5)8(11)9-7;;1-2;/h1-4H,(H,9,10,11);;1-2H2;1H2. The van der Waals surface area contributed by atoms with Crippen molar-refractivity contribution in [3.63, 3.8) is 0 Å². The molecule has 0 atom stereocenters. The number of benzene rings is 1. The minimum Gasteiger partial charge on any atom is -0.412 e. The number of rotatable bonds is 0. The topological polar surface area (TPSA) is 130 Å². The van der Waals surface area contributed by atoms with Crippen LogP contribution in [0, 0.1) is 0 Å². The Labute approximate surface area is 129 Å². The smallest absolute Gasteiger partial charge is 0.258 e. The molecule has 0 spiro atoms. The molecule has 0 saturated heterocycles. The van der Waals surface area contributed by atoms with Crippen molar-refractivity contribution in [3.8, 4) is 0 Å². The van der Waals surface area contributed by atoms with E-state index >= 15 is 0 Å². The zero-order valence-electron chi connectivity index (χ0n) is 8.28. The zero-order valence-corrected chi connectivity index (χ0v) is 11.4. The molecule has 0 bridgehead atoms. The van der Waals surface area contributed by atoms with Crippen LogP contribution in [0.25, 0.3) is 0 Å². The molecule has 1 aliphatic heterocycles. The van der Waals surface area contributed by atoms with E-state index in [2.05, 4.69) is 17.0 Å². The van der Waals surface area contributed by atoms with Crippen LogP contribution in [-0.4, -0.2) is 68.7 Å². The Balaban J connectivity index is 0. The third-order valence-corrected chi connectivity index (χ3v) is 1.64. The number of hydrogen-bond acceptors (Lipinski definition) is 4. The first-order chi connectivity index (χ1) is 6.29. The van der Waals surface area contributed by atoms with Crippen LogP contribution in [0.4, 0.5) is 0 Å². The SMILES string of the molecule is NN.O.O=C1NC(=O)c2ccccc21.[K]. The number of carbonyl (C=O) groups excluding carboxylic acids is 2. The van der Waals surface area contributed by atoms with Gasteiger partial charge in [-0.3, -0.25) is 26.6 Å². The third kappa shape index (κ3) is 3.74. The molecule has 1 heterocycles. The van der Waals surface area contributed by atoms with Gasteiger partial charge in [0, 0.05) is 51.4 Å². The monoisotopic (exact) mass is 236 g/mol. The molecule has 6 nitrogen and oxygen atoms in total. The van der Waals surface area contributed by atoms with E-state index in [1.165, 1.54) is 0 Å². The molecule has 1 radical (unpaired) electrons. The van der Waals surface area contributed by atoms with Crippen molar-refractivity contribution in [3.05, 3.63) is 35.4 Å². The van der Waals surface area contributed by atoms with Gasteiger partial charge >= 0.3 is 0 Å². The van der Waals surface area contributed by atoms with E-state index < -0.39 is 0 Å². The zero-order chi connectivity index (χ0) is 9.84. The Kier molecular flexibility index (Phi) is 9.30. The number of hydrazine groups is 1. The van der Waals surface area contributed by atoms with Gasteiger partial charge in [-0.25, -0.2) is 0 Å². The van der Waals surface area contributed by atoms with Crippen LogP contribution in [0.1, 0.15) is 20.7 Å². The molecule has 77 valence electrons. The summed E-state index contributed by atoms with van der Waals surface area (Å²) in [5, 5.41) is 2.20. The van der Waals surface area contributed by atoms with Crippen molar-refractivity contribution in [1.82, 2.24) is 5.32 Å². The third-order valence-electron chi connectivity index (χ3n) is 1.64. The molecular weight excluding hydrogens is 225 g/mol. The van der Waals surface area contributed by atoms with E-state index in [1.807, 2.05) is 0 Å². The summed E-state index contributed by atoms with van der Waals surface area (Å²) in [6.45, 7) is 0. The minimum atomic E-state index is -0.300.